The molecule has 0 saturated heterocycles. The van der Waals surface area contributed by atoms with Crippen LogP contribution in [0.25, 0.3) is 10.8 Å². The van der Waals surface area contributed by atoms with Crippen molar-refractivity contribution in [3.05, 3.63) is 66.2 Å². The monoisotopic (exact) mass is 366 g/mol. The van der Waals surface area contributed by atoms with E-state index in [9.17, 15) is 9.59 Å². The van der Waals surface area contributed by atoms with Crippen molar-refractivity contribution in [3.8, 4) is 5.88 Å². The maximum atomic E-state index is 12.5. The molecule has 27 heavy (non-hydrogen) atoms. The van der Waals surface area contributed by atoms with E-state index in [2.05, 4.69) is 4.98 Å². The van der Waals surface area contributed by atoms with E-state index in [1.807, 2.05) is 24.3 Å². The van der Waals surface area contributed by atoms with Gasteiger partial charge in [0.25, 0.3) is 0 Å². The first-order valence-corrected chi connectivity index (χ1v) is 8.08. The number of benzene rings is 1. The number of hydrogen-bond acceptors (Lipinski definition) is 7. The Hall–Kier alpha value is -3.61. The molecular weight excluding hydrogens is 348 g/mol. The van der Waals surface area contributed by atoms with Gasteiger partial charge < -0.3 is 19.1 Å². The fourth-order valence-corrected chi connectivity index (χ4v) is 2.81. The van der Waals surface area contributed by atoms with Crippen LogP contribution in [0.1, 0.15) is 0 Å². The highest BCUT2D eigenvalue weighted by Crippen LogP contribution is 2.31. The largest absolute Gasteiger partial charge is 0.481 e. The number of hydrogen-bond donors (Lipinski definition) is 0. The van der Waals surface area contributed by atoms with Crippen molar-refractivity contribution < 1.29 is 23.8 Å². The quantitative estimate of drug-likeness (QED) is 0.770. The average molecular weight is 366 g/mol. The molecule has 2 aromatic rings. The van der Waals surface area contributed by atoms with Crippen LogP contribution in [0, 0.1) is 0 Å². The van der Waals surface area contributed by atoms with Crippen LogP contribution in [-0.2, 0) is 19.1 Å². The molecule has 2 heterocycles. The normalized spacial score (nSPS) is 13.5. The van der Waals surface area contributed by atoms with Crippen LogP contribution >= 0.6 is 0 Å². The van der Waals surface area contributed by atoms with Gasteiger partial charge in [-0.2, -0.15) is 0 Å². The summed E-state index contributed by atoms with van der Waals surface area (Å²) in [6.45, 7) is 0. The Bertz CT molecular complexity index is 991. The Morgan fingerprint density at radius 1 is 1.00 bits per heavy atom. The van der Waals surface area contributed by atoms with Crippen molar-refractivity contribution in [2.45, 2.75) is 0 Å². The molecule has 138 valence electrons. The van der Waals surface area contributed by atoms with E-state index in [1.54, 1.807) is 36.6 Å². The Kier molecular flexibility index (Phi) is 5.21. The van der Waals surface area contributed by atoms with Crippen LogP contribution < -0.4 is 9.64 Å². The zero-order chi connectivity index (χ0) is 19.4. The second kappa shape index (κ2) is 7.74. The molecule has 0 fully saturated rings. The van der Waals surface area contributed by atoms with Gasteiger partial charge in [-0.3, -0.25) is 0 Å². The minimum Gasteiger partial charge on any atom is -0.481 e. The van der Waals surface area contributed by atoms with E-state index in [4.69, 9.17) is 14.2 Å². The van der Waals surface area contributed by atoms with E-state index in [0.29, 0.717) is 11.6 Å². The fourth-order valence-electron chi connectivity index (χ4n) is 2.81. The summed E-state index contributed by atoms with van der Waals surface area (Å²) >= 11 is 0. The summed E-state index contributed by atoms with van der Waals surface area (Å²) in [5, 5.41) is 1.70. The molecule has 0 saturated carbocycles. The van der Waals surface area contributed by atoms with Gasteiger partial charge in [0.15, 0.2) is 0 Å². The number of pyridine rings is 1. The molecule has 0 radical (unpaired) electrons. The Balaban J connectivity index is 2.22. The van der Waals surface area contributed by atoms with Crippen molar-refractivity contribution in [2.75, 3.05) is 26.2 Å². The molecule has 0 N–H and O–H groups in total. The molecular formula is C20H18N2O5. The van der Waals surface area contributed by atoms with Crippen molar-refractivity contribution >= 4 is 28.4 Å². The number of esters is 2. The molecule has 1 aromatic carbocycles. The topological polar surface area (TPSA) is 78.0 Å². The lowest BCUT2D eigenvalue weighted by atomic mass is 10.1. The van der Waals surface area contributed by atoms with E-state index >= 15 is 0 Å². The highest BCUT2D eigenvalue weighted by Gasteiger charge is 2.27. The summed E-state index contributed by atoms with van der Waals surface area (Å²) in [4.78, 5) is 30.5. The van der Waals surface area contributed by atoms with Gasteiger partial charge in [0.2, 0.25) is 5.88 Å². The number of carbonyl (C=O) groups is 2. The van der Waals surface area contributed by atoms with E-state index in [0.717, 1.165) is 10.8 Å². The number of allylic oxidation sites excluding steroid dienone is 2. The summed E-state index contributed by atoms with van der Waals surface area (Å²) in [7, 11) is 4.06. The van der Waals surface area contributed by atoms with Crippen LogP contribution in [0.15, 0.2) is 66.2 Å². The highest BCUT2D eigenvalue weighted by atomic mass is 16.5. The third kappa shape index (κ3) is 3.39. The van der Waals surface area contributed by atoms with Gasteiger partial charge in [-0.25, -0.2) is 14.6 Å². The van der Waals surface area contributed by atoms with Gasteiger partial charge in [-0.1, -0.05) is 12.1 Å². The molecule has 0 unspecified atom stereocenters. The molecule has 0 atom stereocenters. The maximum absolute atomic E-state index is 12.5. The second-order valence-corrected chi connectivity index (χ2v) is 5.54. The number of anilines is 1. The predicted molar refractivity (Wildman–Crippen MR) is 100 cm³/mol. The van der Waals surface area contributed by atoms with Gasteiger partial charge in [0, 0.05) is 23.5 Å². The summed E-state index contributed by atoms with van der Waals surface area (Å²) < 4.78 is 15.1. The van der Waals surface area contributed by atoms with E-state index in [1.165, 1.54) is 20.3 Å². The predicted octanol–water partition coefficient (Wildman–Crippen LogP) is 2.73. The summed E-state index contributed by atoms with van der Waals surface area (Å²) in [5.74, 6) is -0.840. The summed E-state index contributed by atoms with van der Waals surface area (Å²) in [6.07, 6.45) is 8.20. The van der Waals surface area contributed by atoms with Crippen molar-refractivity contribution in [1.29, 1.82) is 0 Å². The lowest BCUT2D eigenvalue weighted by Crippen LogP contribution is -2.26. The number of carbonyl (C=O) groups excluding carboxylic acids is 2. The molecule has 1 aromatic heterocycles. The average Bonchev–Trinajstić information content (AvgIpc) is 2.94. The molecule has 0 aliphatic carbocycles. The molecule has 3 rings (SSSR count). The van der Waals surface area contributed by atoms with Crippen LogP contribution in [0.3, 0.4) is 0 Å². The molecule has 0 spiro atoms. The highest BCUT2D eigenvalue weighted by molar-refractivity contribution is 6.06. The standard InChI is InChI=1S/C20H18N2O5/c1-25-18-16-12-14(8-7-13(16)9-10-21-18)22-11-5-4-6-15(19(23)26-2)17(22)20(24)27-3/h4-12H,1-3H3. The third-order valence-electron chi connectivity index (χ3n) is 4.07. The minimum absolute atomic E-state index is 0.0524. The first kappa shape index (κ1) is 18.2. The zero-order valence-corrected chi connectivity index (χ0v) is 15.1. The van der Waals surface area contributed by atoms with Crippen molar-refractivity contribution in [1.82, 2.24) is 4.98 Å². The molecule has 1 aliphatic rings. The first-order chi connectivity index (χ1) is 13.1. The van der Waals surface area contributed by atoms with Gasteiger partial charge >= 0.3 is 11.9 Å². The van der Waals surface area contributed by atoms with Crippen molar-refractivity contribution in [3.63, 3.8) is 0 Å². The third-order valence-corrected chi connectivity index (χ3v) is 4.07. The lowest BCUT2D eigenvalue weighted by Gasteiger charge is -2.23. The van der Waals surface area contributed by atoms with Gasteiger partial charge in [0.05, 0.1) is 26.9 Å². The number of rotatable bonds is 4. The van der Waals surface area contributed by atoms with Gasteiger partial charge in [0.1, 0.15) is 5.70 Å². The van der Waals surface area contributed by atoms with E-state index in [-0.39, 0.29) is 11.3 Å². The second-order valence-electron chi connectivity index (χ2n) is 5.54. The molecule has 7 nitrogen and oxygen atoms in total. The Morgan fingerprint density at radius 2 is 1.78 bits per heavy atom. The van der Waals surface area contributed by atoms with Crippen LogP contribution in [0.2, 0.25) is 0 Å². The number of aromatic nitrogens is 1. The smallest absolute Gasteiger partial charge is 0.355 e. The Labute approximate surface area is 156 Å². The number of methoxy groups -OCH3 is 3. The summed E-state index contributed by atoms with van der Waals surface area (Å²) in [5.41, 5.74) is 0.778. The fraction of sp³-hybridized carbons (Fsp3) is 0.150. The van der Waals surface area contributed by atoms with Gasteiger partial charge in [-0.05, 0) is 35.7 Å². The van der Waals surface area contributed by atoms with Crippen LogP contribution in [0.5, 0.6) is 5.88 Å². The SMILES string of the molecule is COC(=O)C1=C(C(=O)OC)N(c2ccc3ccnc(OC)c3c2)C=CC=C1. The number of ether oxygens (including phenoxy) is 3. The number of nitrogens with zero attached hydrogens (tertiary/aromatic N) is 2. The van der Waals surface area contributed by atoms with E-state index < -0.39 is 11.9 Å². The zero-order valence-electron chi connectivity index (χ0n) is 15.1. The summed E-state index contributed by atoms with van der Waals surface area (Å²) in [6, 6.07) is 7.40. The molecule has 1 aliphatic heterocycles. The minimum atomic E-state index is -0.662. The van der Waals surface area contributed by atoms with Crippen LogP contribution in [0.4, 0.5) is 5.69 Å². The molecule has 7 heteroatoms. The first-order valence-electron chi connectivity index (χ1n) is 8.08. The van der Waals surface area contributed by atoms with Gasteiger partial charge in [-0.15, -0.1) is 0 Å². The lowest BCUT2D eigenvalue weighted by molar-refractivity contribution is -0.139. The molecule has 0 amide bonds. The maximum Gasteiger partial charge on any atom is 0.355 e. The van der Waals surface area contributed by atoms with Crippen LogP contribution in [-0.4, -0.2) is 38.3 Å². The number of fused-ring (bicyclic) bond motifs is 1. The Morgan fingerprint density at radius 3 is 2.48 bits per heavy atom. The molecule has 0 bridgehead atoms. The van der Waals surface area contributed by atoms with Crippen molar-refractivity contribution in [2.24, 2.45) is 0 Å².